The molecule has 5 nitrogen and oxygen atoms in total. The molecule has 2 aromatic rings. The Bertz CT molecular complexity index is 774. The monoisotopic (exact) mass is 392 g/mol. The van der Waals surface area contributed by atoms with Crippen LogP contribution in [0.2, 0.25) is 0 Å². The van der Waals surface area contributed by atoms with Gasteiger partial charge in [-0.1, -0.05) is 6.07 Å². The highest BCUT2D eigenvalue weighted by Gasteiger charge is 2.23. The summed E-state index contributed by atoms with van der Waals surface area (Å²) in [5, 5.41) is 4.06. The number of halogens is 2. The fraction of sp³-hybridized carbons (Fsp3) is 0.294. The molecular formula is C17H18BrFN4O. The Kier molecular flexibility index (Phi) is 5.11. The molecular weight excluding hydrogens is 375 g/mol. The molecule has 126 valence electrons. The van der Waals surface area contributed by atoms with Crippen LogP contribution in [0.15, 0.2) is 41.1 Å². The van der Waals surface area contributed by atoms with Gasteiger partial charge in [0.2, 0.25) is 5.91 Å². The highest BCUT2D eigenvalue weighted by Crippen LogP contribution is 2.19. The molecule has 2 N–H and O–H groups in total. The Morgan fingerprint density at radius 3 is 2.96 bits per heavy atom. The van der Waals surface area contributed by atoms with Crippen molar-refractivity contribution in [3.8, 4) is 5.69 Å². The number of aromatic nitrogens is 2. The second-order valence-electron chi connectivity index (χ2n) is 5.82. The molecule has 1 aliphatic heterocycles. The number of amides is 1. The van der Waals surface area contributed by atoms with Gasteiger partial charge in [-0.15, -0.1) is 0 Å². The standard InChI is InChI=1S/C17H18BrFN4O/c18-14-9-21-23(11-14)16-3-1-12(7-15(16)19)2-4-17(24)22-6-5-13(8-20)10-22/h1-4,7,9,11,13H,5-6,8,10,20H2/b4-2+. The third-order valence-electron chi connectivity index (χ3n) is 4.12. The molecule has 0 spiro atoms. The summed E-state index contributed by atoms with van der Waals surface area (Å²) in [5.74, 6) is -0.0801. The fourth-order valence-electron chi connectivity index (χ4n) is 2.74. The van der Waals surface area contributed by atoms with E-state index in [9.17, 15) is 9.18 Å². The maximum Gasteiger partial charge on any atom is 0.246 e. The Labute approximate surface area is 148 Å². The third-order valence-corrected chi connectivity index (χ3v) is 4.53. The Balaban J connectivity index is 1.69. The summed E-state index contributed by atoms with van der Waals surface area (Å²) in [7, 11) is 0. The zero-order valence-corrected chi connectivity index (χ0v) is 14.6. The van der Waals surface area contributed by atoms with Gasteiger partial charge in [0.25, 0.3) is 0 Å². The summed E-state index contributed by atoms with van der Waals surface area (Å²) >= 11 is 3.28. The molecule has 3 rings (SSSR count). The van der Waals surface area contributed by atoms with Gasteiger partial charge in [-0.05, 0) is 58.6 Å². The minimum atomic E-state index is -0.399. The van der Waals surface area contributed by atoms with Gasteiger partial charge in [-0.25, -0.2) is 9.07 Å². The number of likely N-dealkylation sites (tertiary alicyclic amines) is 1. The van der Waals surface area contributed by atoms with Crippen LogP contribution in [0.1, 0.15) is 12.0 Å². The molecule has 7 heteroatoms. The van der Waals surface area contributed by atoms with Crippen LogP contribution in [0.3, 0.4) is 0 Å². The SMILES string of the molecule is NCC1CCN(C(=O)/C=C/c2ccc(-n3cc(Br)cn3)c(F)c2)C1. The Morgan fingerprint density at radius 1 is 1.50 bits per heavy atom. The zero-order chi connectivity index (χ0) is 17.1. The number of hydrogen-bond donors (Lipinski definition) is 1. The van der Waals surface area contributed by atoms with Crippen LogP contribution in [0.4, 0.5) is 4.39 Å². The van der Waals surface area contributed by atoms with Crippen LogP contribution in [0, 0.1) is 11.7 Å². The van der Waals surface area contributed by atoms with E-state index >= 15 is 0 Å². The van der Waals surface area contributed by atoms with Gasteiger partial charge in [-0.3, -0.25) is 4.79 Å². The van der Waals surface area contributed by atoms with Crippen LogP contribution >= 0.6 is 15.9 Å². The minimum Gasteiger partial charge on any atom is -0.339 e. The van der Waals surface area contributed by atoms with Gasteiger partial charge in [0, 0.05) is 25.4 Å². The molecule has 2 heterocycles. The summed E-state index contributed by atoms with van der Waals surface area (Å²) in [5.41, 5.74) is 6.62. The van der Waals surface area contributed by atoms with E-state index in [-0.39, 0.29) is 5.91 Å². The van der Waals surface area contributed by atoms with Crippen LogP contribution in [-0.2, 0) is 4.79 Å². The maximum atomic E-state index is 14.2. The predicted octanol–water partition coefficient (Wildman–Crippen LogP) is 2.59. The first-order valence-corrected chi connectivity index (χ1v) is 8.53. The van der Waals surface area contributed by atoms with E-state index in [1.54, 1.807) is 35.5 Å². The molecule has 1 aromatic heterocycles. The number of nitrogens with two attached hydrogens (primary N) is 1. The number of nitrogens with zero attached hydrogens (tertiary/aromatic N) is 3. The lowest BCUT2D eigenvalue weighted by atomic mass is 10.1. The van der Waals surface area contributed by atoms with Gasteiger partial charge >= 0.3 is 0 Å². The van der Waals surface area contributed by atoms with Crippen molar-refractivity contribution >= 4 is 27.9 Å². The molecule has 1 saturated heterocycles. The number of benzene rings is 1. The number of rotatable bonds is 4. The first-order valence-electron chi connectivity index (χ1n) is 7.74. The van der Waals surface area contributed by atoms with E-state index in [2.05, 4.69) is 21.0 Å². The molecule has 1 atom stereocenters. The van der Waals surface area contributed by atoms with Crippen molar-refractivity contribution in [2.24, 2.45) is 11.7 Å². The lowest BCUT2D eigenvalue weighted by Crippen LogP contribution is -2.28. The molecule has 0 saturated carbocycles. The zero-order valence-electron chi connectivity index (χ0n) is 13.0. The number of hydrogen-bond acceptors (Lipinski definition) is 3. The van der Waals surface area contributed by atoms with Crippen LogP contribution < -0.4 is 5.73 Å². The van der Waals surface area contributed by atoms with Crippen molar-refractivity contribution in [1.82, 2.24) is 14.7 Å². The van der Waals surface area contributed by atoms with Crippen molar-refractivity contribution in [1.29, 1.82) is 0 Å². The van der Waals surface area contributed by atoms with Crippen LogP contribution in [-0.4, -0.2) is 40.2 Å². The molecule has 1 amide bonds. The summed E-state index contributed by atoms with van der Waals surface area (Å²) in [6.45, 7) is 2.03. The average molecular weight is 393 g/mol. The summed E-state index contributed by atoms with van der Waals surface area (Å²) in [6, 6.07) is 4.78. The third kappa shape index (κ3) is 3.73. The fourth-order valence-corrected chi connectivity index (χ4v) is 3.03. The second kappa shape index (κ2) is 7.27. The first-order chi connectivity index (χ1) is 11.6. The van der Waals surface area contributed by atoms with E-state index in [4.69, 9.17) is 5.73 Å². The quantitative estimate of drug-likeness (QED) is 0.813. The van der Waals surface area contributed by atoms with E-state index in [0.717, 1.165) is 17.4 Å². The van der Waals surface area contributed by atoms with Crippen molar-refractivity contribution in [3.63, 3.8) is 0 Å². The Hall–Kier alpha value is -1.99. The van der Waals surface area contributed by atoms with E-state index < -0.39 is 5.82 Å². The lowest BCUT2D eigenvalue weighted by molar-refractivity contribution is -0.125. The van der Waals surface area contributed by atoms with Crippen molar-refractivity contribution in [3.05, 3.63) is 52.5 Å². The Morgan fingerprint density at radius 2 is 2.33 bits per heavy atom. The molecule has 1 unspecified atom stereocenters. The molecule has 1 aromatic carbocycles. The van der Waals surface area contributed by atoms with Crippen molar-refractivity contribution in [2.45, 2.75) is 6.42 Å². The van der Waals surface area contributed by atoms with E-state index in [1.165, 1.54) is 16.8 Å². The smallest absolute Gasteiger partial charge is 0.246 e. The van der Waals surface area contributed by atoms with Crippen molar-refractivity contribution in [2.75, 3.05) is 19.6 Å². The normalized spacial score (nSPS) is 17.8. The highest BCUT2D eigenvalue weighted by molar-refractivity contribution is 9.10. The maximum absolute atomic E-state index is 14.2. The topological polar surface area (TPSA) is 64.2 Å². The predicted molar refractivity (Wildman–Crippen MR) is 94.0 cm³/mol. The van der Waals surface area contributed by atoms with Gasteiger partial charge in [0.15, 0.2) is 0 Å². The lowest BCUT2D eigenvalue weighted by Gasteiger charge is -2.13. The molecule has 24 heavy (non-hydrogen) atoms. The van der Waals surface area contributed by atoms with E-state index in [0.29, 0.717) is 30.3 Å². The van der Waals surface area contributed by atoms with Gasteiger partial charge < -0.3 is 10.6 Å². The van der Waals surface area contributed by atoms with Crippen LogP contribution in [0.5, 0.6) is 0 Å². The minimum absolute atomic E-state index is 0.0635. The van der Waals surface area contributed by atoms with Crippen LogP contribution in [0.25, 0.3) is 11.8 Å². The summed E-state index contributed by atoms with van der Waals surface area (Å²) in [4.78, 5) is 13.9. The average Bonchev–Trinajstić information content (AvgIpc) is 3.21. The molecule has 1 fully saturated rings. The molecule has 0 radical (unpaired) electrons. The largest absolute Gasteiger partial charge is 0.339 e. The number of carbonyl (C=O) groups excluding carboxylic acids is 1. The first kappa shape index (κ1) is 16.9. The second-order valence-corrected chi connectivity index (χ2v) is 6.74. The molecule has 0 bridgehead atoms. The summed E-state index contributed by atoms with van der Waals surface area (Å²) < 4.78 is 16.5. The molecule has 1 aliphatic rings. The van der Waals surface area contributed by atoms with E-state index in [1.807, 2.05) is 0 Å². The molecule has 0 aliphatic carbocycles. The highest BCUT2D eigenvalue weighted by atomic mass is 79.9. The summed E-state index contributed by atoms with van der Waals surface area (Å²) in [6.07, 6.45) is 7.33. The van der Waals surface area contributed by atoms with Gasteiger partial charge in [0.1, 0.15) is 11.5 Å². The van der Waals surface area contributed by atoms with Gasteiger partial charge in [-0.2, -0.15) is 5.10 Å². The van der Waals surface area contributed by atoms with Gasteiger partial charge in [0.05, 0.1) is 10.7 Å². The van der Waals surface area contributed by atoms with Crippen molar-refractivity contribution < 1.29 is 9.18 Å². The number of carbonyl (C=O) groups is 1.